The van der Waals surface area contributed by atoms with Crippen LogP contribution < -0.4 is 5.32 Å². The van der Waals surface area contributed by atoms with Gasteiger partial charge in [0.05, 0.1) is 8.66 Å². The lowest BCUT2D eigenvalue weighted by atomic mass is 10.1. The fourth-order valence-corrected chi connectivity index (χ4v) is 3.41. The SMILES string of the molecule is O=C(NC1CCCCCC1)c1ccc(Br)s1. The minimum Gasteiger partial charge on any atom is -0.349 e. The van der Waals surface area contributed by atoms with Gasteiger partial charge in [-0.3, -0.25) is 4.79 Å². The zero-order valence-corrected chi connectivity index (χ0v) is 11.6. The zero-order valence-electron chi connectivity index (χ0n) is 9.17. The van der Waals surface area contributed by atoms with Gasteiger partial charge in [0.1, 0.15) is 0 Å². The van der Waals surface area contributed by atoms with Crippen molar-refractivity contribution in [3.05, 3.63) is 20.8 Å². The number of halogens is 1. The molecule has 1 heterocycles. The summed E-state index contributed by atoms with van der Waals surface area (Å²) in [4.78, 5) is 12.7. The van der Waals surface area contributed by atoms with Gasteiger partial charge in [0.25, 0.3) is 5.91 Å². The first-order chi connectivity index (χ1) is 7.75. The van der Waals surface area contributed by atoms with Gasteiger partial charge in [-0.05, 0) is 40.9 Å². The van der Waals surface area contributed by atoms with Gasteiger partial charge >= 0.3 is 0 Å². The van der Waals surface area contributed by atoms with Gasteiger partial charge in [-0.2, -0.15) is 0 Å². The van der Waals surface area contributed by atoms with E-state index in [4.69, 9.17) is 0 Å². The van der Waals surface area contributed by atoms with E-state index < -0.39 is 0 Å². The predicted molar refractivity (Wildman–Crippen MR) is 71.0 cm³/mol. The summed E-state index contributed by atoms with van der Waals surface area (Å²) in [7, 11) is 0. The monoisotopic (exact) mass is 301 g/mol. The fourth-order valence-electron chi connectivity index (χ4n) is 2.12. The Morgan fingerprint density at radius 3 is 2.50 bits per heavy atom. The normalized spacial score (nSPS) is 18.1. The van der Waals surface area contributed by atoms with Gasteiger partial charge in [0, 0.05) is 6.04 Å². The first-order valence-electron chi connectivity index (χ1n) is 5.82. The molecule has 0 aliphatic heterocycles. The molecule has 4 heteroatoms. The number of thiophene rings is 1. The number of hydrogen-bond donors (Lipinski definition) is 1. The molecule has 1 saturated carbocycles. The van der Waals surface area contributed by atoms with Crippen LogP contribution in [0, 0.1) is 0 Å². The standard InChI is InChI=1S/C12H16BrNOS/c13-11-8-7-10(16-11)12(15)14-9-5-3-1-2-4-6-9/h7-9H,1-6H2,(H,14,15). The molecule has 16 heavy (non-hydrogen) atoms. The van der Waals surface area contributed by atoms with Crippen molar-refractivity contribution in [3.8, 4) is 0 Å². The number of carbonyl (C=O) groups is 1. The topological polar surface area (TPSA) is 29.1 Å². The quantitative estimate of drug-likeness (QED) is 0.823. The van der Waals surface area contributed by atoms with Crippen molar-refractivity contribution in [2.24, 2.45) is 0 Å². The van der Waals surface area contributed by atoms with E-state index in [1.165, 1.54) is 37.0 Å². The Morgan fingerprint density at radius 2 is 1.94 bits per heavy atom. The van der Waals surface area contributed by atoms with Crippen LogP contribution in [0.1, 0.15) is 48.2 Å². The van der Waals surface area contributed by atoms with Gasteiger partial charge < -0.3 is 5.32 Å². The Balaban J connectivity index is 1.90. The average molecular weight is 302 g/mol. The number of hydrogen-bond acceptors (Lipinski definition) is 2. The average Bonchev–Trinajstić information content (AvgIpc) is 2.54. The fraction of sp³-hybridized carbons (Fsp3) is 0.583. The Hall–Kier alpha value is -0.350. The third-order valence-electron chi connectivity index (χ3n) is 2.99. The van der Waals surface area contributed by atoms with E-state index in [0.717, 1.165) is 21.5 Å². The Morgan fingerprint density at radius 1 is 1.25 bits per heavy atom. The van der Waals surface area contributed by atoms with E-state index in [2.05, 4.69) is 21.2 Å². The summed E-state index contributed by atoms with van der Waals surface area (Å²) < 4.78 is 1.01. The lowest BCUT2D eigenvalue weighted by molar-refractivity contribution is 0.0937. The molecule has 0 bridgehead atoms. The number of amides is 1. The van der Waals surface area contributed by atoms with Crippen LogP contribution in [0.4, 0.5) is 0 Å². The highest BCUT2D eigenvalue weighted by Crippen LogP contribution is 2.23. The molecule has 0 spiro atoms. The summed E-state index contributed by atoms with van der Waals surface area (Å²) in [5, 5.41) is 3.14. The minimum atomic E-state index is 0.0857. The molecule has 1 aliphatic rings. The maximum atomic E-state index is 11.9. The molecule has 2 nitrogen and oxygen atoms in total. The van der Waals surface area contributed by atoms with E-state index in [-0.39, 0.29) is 5.91 Å². The molecule has 1 aliphatic carbocycles. The van der Waals surface area contributed by atoms with Gasteiger partial charge in [-0.15, -0.1) is 11.3 Å². The van der Waals surface area contributed by atoms with E-state index in [0.29, 0.717) is 6.04 Å². The zero-order chi connectivity index (χ0) is 11.4. The second-order valence-corrected chi connectivity index (χ2v) is 6.73. The van der Waals surface area contributed by atoms with Crippen LogP contribution in [0.15, 0.2) is 15.9 Å². The summed E-state index contributed by atoms with van der Waals surface area (Å²) in [6.45, 7) is 0. The summed E-state index contributed by atoms with van der Waals surface area (Å²) in [6.07, 6.45) is 7.41. The molecule has 2 rings (SSSR count). The lowest BCUT2D eigenvalue weighted by Gasteiger charge is -2.15. The Bertz CT molecular complexity index is 356. The van der Waals surface area contributed by atoms with Crippen molar-refractivity contribution in [2.45, 2.75) is 44.6 Å². The van der Waals surface area contributed by atoms with Crippen LogP contribution >= 0.6 is 27.3 Å². The maximum absolute atomic E-state index is 11.9. The molecule has 1 aromatic heterocycles. The first kappa shape index (κ1) is 12.1. The van der Waals surface area contributed by atoms with Crippen LogP contribution in [0.3, 0.4) is 0 Å². The molecule has 0 aromatic carbocycles. The van der Waals surface area contributed by atoms with Gasteiger partial charge in [-0.25, -0.2) is 0 Å². The van der Waals surface area contributed by atoms with Crippen molar-refractivity contribution < 1.29 is 4.79 Å². The highest BCUT2D eigenvalue weighted by molar-refractivity contribution is 9.11. The summed E-state index contributed by atoms with van der Waals surface area (Å²) in [5.41, 5.74) is 0. The lowest BCUT2D eigenvalue weighted by Crippen LogP contribution is -2.33. The largest absolute Gasteiger partial charge is 0.349 e. The van der Waals surface area contributed by atoms with E-state index in [1.54, 1.807) is 0 Å². The molecule has 1 amide bonds. The molecule has 1 N–H and O–H groups in total. The van der Waals surface area contributed by atoms with Crippen LogP contribution in [-0.2, 0) is 0 Å². The van der Waals surface area contributed by atoms with Gasteiger partial charge in [0.15, 0.2) is 0 Å². The molecule has 0 atom stereocenters. The predicted octanol–water partition coefficient (Wildman–Crippen LogP) is 3.96. The van der Waals surface area contributed by atoms with Crippen LogP contribution in [0.5, 0.6) is 0 Å². The third kappa shape index (κ3) is 3.32. The van der Waals surface area contributed by atoms with Crippen LogP contribution in [0.2, 0.25) is 0 Å². The van der Waals surface area contributed by atoms with Crippen LogP contribution in [0.25, 0.3) is 0 Å². The summed E-state index contributed by atoms with van der Waals surface area (Å²) in [6, 6.07) is 4.18. The van der Waals surface area contributed by atoms with Crippen molar-refractivity contribution in [2.75, 3.05) is 0 Å². The second kappa shape index (κ2) is 5.82. The van der Waals surface area contributed by atoms with Crippen LogP contribution in [-0.4, -0.2) is 11.9 Å². The molecule has 0 saturated heterocycles. The first-order valence-corrected chi connectivity index (χ1v) is 7.43. The Labute approximate surface area is 109 Å². The van der Waals surface area contributed by atoms with E-state index in [1.807, 2.05) is 12.1 Å². The maximum Gasteiger partial charge on any atom is 0.261 e. The van der Waals surface area contributed by atoms with Crippen molar-refractivity contribution >= 4 is 33.2 Å². The van der Waals surface area contributed by atoms with E-state index >= 15 is 0 Å². The summed E-state index contributed by atoms with van der Waals surface area (Å²) in [5.74, 6) is 0.0857. The molecular formula is C12H16BrNOS. The highest BCUT2D eigenvalue weighted by atomic mass is 79.9. The molecule has 0 unspecified atom stereocenters. The van der Waals surface area contributed by atoms with Gasteiger partial charge in [0.2, 0.25) is 0 Å². The summed E-state index contributed by atoms with van der Waals surface area (Å²) >= 11 is 4.87. The Kier molecular flexibility index (Phi) is 4.41. The number of nitrogens with one attached hydrogen (secondary N) is 1. The molecule has 88 valence electrons. The third-order valence-corrected chi connectivity index (χ3v) is 4.61. The molecule has 0 radical (unpaired) electrons. The molecular weight excluding hydrogens is 286 g/mol. The number of rotatable bonds is 2. The highest BCUT2D eigenvalue weighted by Gasteiger charge is 2.16. The second-order valence-electron chi connectivity index (χ2n) is 4.27. The van der Waals surface area contributed by atoms with Crippen molar-refractivity contribution in [3.63, 3.8) is 0 Å². The van der Waals surface area contributed by atoms with Gasteiger partial charge in [-0.1, -0.05) is 25.7 Å². The smallest absolute Gasteiger partial charge is 0.261 e. The minimum absolute atomic E-state index is 0.0857. The molecule has 1 aromatic rings. The molecule has 1 fully saturated rings. The number of carbonyl (C=O) groups excluding carboxylic acids is 1. The van der Waals surface area contributed by atoms with Crippen molar-refractivity contribution in [1.82, 2.24) is 5.32 Å². The van der Waals surface area contributed by atoms with E-state index in [9.17, 15) is 4.79 Å². The van der Waals surface area contributed by atoms with Crippen molar-refractivity contribution in [1.29, 1.82) is 0 Å².